The van der Waals surface area contributed by atoms with Gasteiger partial charge in [-0.25, -0.2) is 14.8 Å². The Balaban J connectivity index is 1.39. The van der Waals surface area contributed by atoms with Gasteiger partial charge >= 0.3 is 0 Å². The largest absolute Gasteiger partial charge is 0.505 e. The number of nitrogens with zero attached hydrogens (tertiary/aromatic N) is 7. The van der Waals surface area contributed by atoms with E-state index in [0.29, 0.717) is 41.9 Å². The van der Waals surface area contributed by atoms with E-state index >= 15 is 0 Å². The minimum atomic E-state index is -0.529. The second kappa shape index (κ2) is 13.0. The topological polar surface area (TPSA) is 140 Å². The first-order valence-corrected chi connectivity index (χ1v) is 13.1. The lowest BCUT2D eigenvalue weighted by Crippen LogP contribution is -2.22. The van der Waals surface area contributed by atoms with Crippen LogP contribution in [0.4, 0.5) is 17.2 Å². The molecular formula is C31H26N8O4. The van der Waals surface area contributed by atoms with E-state index in [9.17, 15) is 9.90 Å². The van der Waals surface area contributed by atoms with Crippen LogP contribution in [-0.4, -0.2) is 44.0 Å². The highest BCUT2D eigenvalue weighted by atomic mass is 16.5. The molecule has 2 aromatic heterocycles. The number of fused-ring (bicyclic) bond motifs is 1. The fourth-order valence-corrected chi connectivity index (χ4v) is 4.27. The Kier molecular flexibility index (Phi) is 8.63. The summed E-state index contributed by atoms with van der Waals surface area (Å²) in [5, 5.41) is 27.9. The fraction of sp³-hybridized carbons (Fsp3) is 0.129. The van der Waals surface area contributed by atoms with Gasteiger partial charge < -0.3 is 19.9 Å². The zero-order chi connectivity index (χ0) is 30.2. The highest BCUT2D eigenvalue weighted by molar-refractivity contribution is 6.11. The van der Waals surface area contributed by atoms with Gasteiger partial charge in [0.2, 0.25) is 0 Å². The number of rotatable bonds is 12. The third-order valence-electron chi connectivity index (χ3n) is 6.34. The minimum absolute atomic E-state index is 0.0296. The van der Waals surface area contributed by atoms with Gasteiger partial charge in [0.15, 0.2) is 11.6 Å². The Morgan fingerprint density at radius 2 is 2.05 bits per heavy atom. The van der Waals surface area contributed by atoms with Crippen molar-refractivity contribution in [1.29, 1.82) is 0 Å². The summed E-state index contributed by atoms with van der Waals surface area (Å²) in [6, 6.07) is 10.4. The van der Waals surface area contributed by atoms with Gasteiger partial charge in [-0.2, -0.15) is 9.78 Å². The van der Waals surface area contributed by atoms with Crippen LogP contribution < -0.4 is 5.32 Å². The quantitative estimate of drug-likeness (QED) is 0.0867. The zero-order valence-electron chi connectivity index (χ0n) is 22.9. The van der Waals surface area contributed by atoms with Crippen molar-refractivity contribution in [3.63, 3.8) is 0 Å². The number of nitrogens with one attached hydrogen (secondary N) is 1. The molecule has 43 heavy (non-hydrogen) atoms. The lowest BCUT2D eigenvalue weighted by atomic mass is 10.0. The smallest absolute Gasteiger partial charge is 0.260 e. The molecule has 0 fully saturated rings. The molecule has 1 aliphatic carbocycles. The van der Waals surface area contributed by atoms with Crippen molar-refractivity contribution in [2.24, 2.45) is 16.1 Å². The summed E-state index contributed by atoms with van der Waals surface area (Å²) < 4.78 is 12.1. The van der Waals surface area contributed by atoms with Gasteiger partial charge in [0, 0.05) is 30.4 Å². The van der Waals surface area contributed by atoms with Gasteiger partial charge in [0.25, 0.3) is 17.5 Å². The van der Waals surface area contributed by atoms with E-state index in [1.54, 1.807) is 36.4 Å². The number of benzene rings is 2. The van der Waals surface area contributed by atoms with Crippen molar-refractivity contribution in [3.8, 4) is 11.7 Å². The number of amides is 1. The van der Waals surface area contributed by atoms with Crippen LogP contribution in [-0.2, 0) is 9.47 Å². The summed E-state index contributed by atoms with van der Waals surface area (Å²) in [4.78, 5) is 25.3. The zero-order valence-corrected chi connectivity index (χ0v) is 22.9. The summed E-state index contributed by atoms with van der Waals surface area (Å²) >= 11 is 0. The van der Waals surface area contributed by atoms with Gasteiger partial charge in [-0.1, -0.05) is 49.6 Å². The first-order valence-electron chi connectivity index (χ1n) is 13.1. The number of ether oxygens (including phenoxy) is 2. The fourth-order valence-electron chi connectivity index (χ4n) is 4.27. The molecule has 1 aliphatic rings. The van der Waals surface area contributed by atoms with Crippen LogP contribution >= 0.6 is 0 Å². The van der Waals surface area contributed by atoms with Crippen molar-refractivity contribution in [3.05, 3.63) is 121 Å². The number of hydrogen-bond donors (Lipinski definition) is 2. The van der Waals surface area contributed by atoms with Crippen molar-refractivity contribution in [1.82, 2.24) is 25.1 Å². The Morgan fingerprint density at radius 3 is 2.84 bits per heavy atom. The lowest BCUT2D eigenvalue weighted by Gasteiger charge is -2.12. The molecule has 5 rings (SSSR count). The van der Waals surface area contributed by atoms with E-state index < -0.39 is 5.91 Å². The van der Waals surface area contributed by atoms with Crippen molar-refractivity contribution < 1.29 is 19.4 Å². The third kappa shape index (κ3) is 6.47. The predicted octanol–water partition coefficient (Wildman–Crippen LogP) is 6.37. The molecule has 1 atom stereocenters. The number of carbonyl (C=O) groups is 1. The van der Waals surface area contributed by atoms with Crippen LogP contribution in [0.15, 0.2) is 114 Å². The monoisotopic (exact) mass is 574 g/mol. The average molecular weight is 575 g/mol. The molecular weight excluding hydrogens is 548 g/mol. The van der Waals surface area contributed by atoms with Crippen molar-refractivity contribution in [2.75, 3.05) is 13.2 Å². The molecule has 0 saturated carbocycles. The molecule has 2 aromatic carbocycles. The molecule has 214 valence electrons. The standard InChI is InChI=1S/C31H26N8O4/c1-4-42-15-12-20(2)43-19-21-10-11-23(16-21)36-30(41)27-24-9-6-5-8-22(24)17-25(28(27)40)37-38-29-26(32-3)18-35-39(29)31-33-13-7-14-34-31/h4-11,13-14,16-18,21,40H,1-2,12,15,19H2,(H,36,41)/b38-37+. The van der Waals surface area contributed by atoms with Crippen molar-refractivity contribution in [2.45, 2.75) is 6.42 Å². The van der Waals surface area contributed by atoms with E-state index in [2.05, 4.69) is 48.6 Å². The molecule has 2 N–H and O–H groups in total. The molecule has 0 radical (unpaired) electrons. The molecule has 4 aromatic rings. The first kappa shape index (κ1) is 28.4. The van der Waals surface area contributed by atoms with E-state index in [4.69, 9.17) is 16.0 Å². The molecule has 2 heterocycles. The molecule has 0 bridgehead atoms. The predicted molar refractivity (Wildman–Crippen MR) is 159 cm³/mol. The Labute approximate surface area is 246 Å². The second-order valence-corrected chi connectivity index (χ2v) is 9.20. The van der Waals surface area contributed by atoms with E-state index in [0.717, 1.165) is 0 Å². The Bertz CT molecular complexity index is 1820. The maximum atomic E-state index is 13.5. The summed E-state index contributed by atoms with van der Waals surface area (Å²) in [5.74, 6) is -0.114. The number of phenolic OH excluding ortho intramolecular Hbond substituents is 1. The molecule has 12 heteroatoms. The van der Waals surface area contributed by atoms with Gasteiger partial charge in [-0.05, 0) is 29.0 Å². The SMILES string of the molecule is [C-]#[N+]c1cnn(-c2ncccn2)c1/N=N/c1cc2ccccc2c(C(=O)NC2=CC(COC(=C)CCOC=C)C=C2)c1O. The highest BCUT2D eigenvalue weighted by Crippen LogP contribution is 2.39. The Morgan fingerprint density at radius 1 is 1.23 bits per heavy atom. The summed E-state index contributed by atoms with van der Waals surface area (Å²) in [7, 11) is 0. The molecule has 1 unspecified atom stereocenters. The molecule has 1 amide bonds. The highest BCUT2D eigenvalue weighted by Gasteiger charge is 2.22. The van der Waals surface area contributed by atoms with Gasteiger partial charge in [-0.15, -0.1) is 10.2 Å². The number of aromatic nitrogens is 4. The van der Waals surface area contributed by atoms with Gasteiger partial charge in [-0.3, -0.25) is 4.79 Å². The third-order valence-corrected chi connectivity index (χ3v) is 6.34. The number of allylic oxidation sites excluding steroid dienone is 1. The lowest BCUT2D eigenvalue weighted by molar-refractivity contribution is 0.0966. The maximum absolute atomic E-state index is 13.5. The number of azo groups is 1. The molecule has 0 aliphatic heterocycles. The Hall–Kier alpha value is -6.09. The number of hydrogen-bond acceptors (Lipinski definition) is 9. The van der Waals surface area contributed by atoms with E-state index in [-0.39, 0.29) is 40.4 Å². The number of aromatic hydroxyl groups is 1. The van der Waals surface area contributed by atoms with E-state index in [1.807, 2.05) is 18.2 Å². The van der Waals surface area contributed by atoms with Crippen LogP contribution in [0, 0.1) is 12.5 Å². The van der Waals surface area contributed by atoms with Crippen LogP contribution in [0.1, 0.15) is 16.8 Å². The van der Waals surface area contributed by atoms with Crippen molar-refractivity contribution >= 4 is 33.9 Å². The summed E-state index contributed by atoms with van der Waals surface area (Å²) in [6.45, 7) is 15.6. The number of phenols is 1. The minimum Gasteiger partial charge on any atom is -0.505 e. The second-order valence-electron chi connectivity index (χ2n) is 9.20. The number of carbonyl (C=O) groups excluding carboxylic acids is 1. The summed E-state index contributed by atoms with van der Waals surface area (Å²) in [5.41, 5.74) is 0.731. The molecule has 12 nitrogen and oxygen atoms in total. The summed E-state index contributed by atoms with van der Waals surface area (Å²) in [6.07, 6.45) is 11.8. The molecule has 0 saturated heterocycles. The normalized spacial score (nSPS) is 13.9. The molecule has 0 spiro atoms. The van der Waals surface area contributed by atoms with Gasteiger partial charge in [0.1, 0.15) is 5.69 Å². The average Bonchev–Trinajstić information content (AvgIpc) is 3.66. The van der Waals surface area contributed by atoms with Gasteiger partial charge in [0.05, 0.1) is 43.6 Å². The van der Waals surface area contributed by atoms with Crippen LogP contribution in [0.5, 0.6) is 5.75 Å². The van der Waals surface area contributed by atoms with Crippen LogP contribution in [0.25, 0.3) is 21.6 Å². The maximum Gasteiger partial charge on any atom is 0.260 e. The van der Waals surface area contributed by atoms with Crippen LogP contribution in [0.2, 0.25) is 0 Å². The van der Waals surface area contributed by atoms with Crippen LogP contribution in [0.3, 0.4) is 0 Å². The first-order chi connectivity index (χ1) is 21.0. The van der Waals surface area contributed by atoms with E-state index in [1.165, 1.54) is 29.5 Å².